The maximum absolute atomic E-state index is 12.7. The summed E-state index contributed by atoms with van der Waals surface area (Å²) in [5, 5.41) is 0. The number of hydrogen-bond donors (Lipinski definition) is 0. The van der Waals surface area contributed by atoms with Gasteiger partial charge in [-0.2, -0.15) is 0 Å². The number of amides is 2. The van der Waals surface area contributed by atoms with Gasteiger partial charge < -0.3 is 24.0 Å². The van der Waals surface area contributed by atoms with Crippen LogP contribution in [0.25, 0.3) is 0 Å². The van der Waals surface area contributed by atoms with Gasteiger partial charge >= 0.3 is 6.09 Å². The van der Waals surface area contributed by atoms with Crippen molar-refractivity contribution in [2.24, 2.45) is 5.92 Å². The quantitative estimate of drug-likeness (QED) is 0.706. The van der Waals surface area contributed by atoms with E-state index in [9.17, 15) is 9.59 Å². The third kappa shape index (κ3) is 6.35. The van der Waals surface area contributed by atoms with Crippen LogP contribution in [0.4, 0.5) is 4.79 Å². The van der Waals surface area contributed by atoms with E-state index in [0.717, 1.165) is 64.7 Å². The smallest absolute Gasteiger partial charge is 0.409 e. The molecule has 7 nitrogen and oxygen atoms in total. The minimum atomic E-state index is -0.282. The van der Waals surface area contributed by atoms with E-state index in [1.54, 1.807) is 4.90 Å². The molecule has 154 valence electrons. The van der Waals surface area contributed by atoms with Crippen LogP contribution in [-0.2, 0) is 19.0 Å². The van der Waals surface area contributed by atoms with Crippen LogP contribution in [0.15, 0.2) is 0 Å². The number of hydrogen-bond acceptors (Lipinski definition) is 5. The number of likely N-dealkylation sites (tertiary alicyclic amines) is 1. The molecule has 3 rings (SSSR count). The van der Waals surface area contributed by atoms with Gasteiger partial charge in [-0.05, 0) is 50.9 Å². The zero-order valence-electron chi connectivity index (χ0n) is 16.4. The molecule has 3 heterocycles. The minimum absolute atomic E-state index is 0.0271. The van der Waals surface area contributed by atoms with Crippen molar-refractivity contribution < 1.29 is 23.8 Å². The van der Waals surface area contributed by atoms with Gasteiger partial charge in [0.15, 0.2) is 0 Å². The highest BCUT2D eigenvalue weighted by atomic mass is 16.6. The summed E-state index contributed by atoms with van der Waals surface area (Å²) in [6.07, 6.45) is 7.67. The second-order valence-electron chi connectivity index (χ2n) is 7.86. The molecule has 0 aliphatic carbocycles. The van der Waals surface area contributed by atoms with Crippen LogP contribution in [0, 0.1) is 5.92 Å². The second kappa shape index (κ2) is 10.9. The Bertz CT molecular complexity index is 475. The fraction of sp³-hybridized carbons (Fsp3) is 0.900. The summed E-state index contributed by atoms with van der Waals surface area (Å²) in [5.41, 5.74) is 0. The molecular weight excluding hydrogens is 348 g/mol. The van der Waals surface area contributed by atoms with E-state index < -0.39 is 0 Å². The molecule has 0 radical (unpaired) electrons. The van der Waals surface area contributed by atoms with Gasteiger partial charge in [-0.1, -0.05) is 0 Å². The van der Waals surface area contributed by atoms with Crippen LogP contribution in [0.5, 0.6) is 0 Å². The molecular formula is C20H34N2O5. The molecule has 3 saturated heterocycles. The highest BCUT2D eigenvalue weighted by molar-refractivity contribution is 5.76. The fourth-order valence-electron chi connectivity index (χ4n) is 4.23. The van der Waals surface area contributed by atoms with Crippen molar-refractivity contribution in [2.45, 2.75) is 57.4 Å². The summed E-state index contributed by atoms with van der Waals surface area (Å²) in [4.78, 5) is 28.6. The fourth-order valence-corrected chi connectivity index (χ4v) is 4.23. The molecule has 3 fully saturated rings. The molecule has 2 amide bonds. The van der Waals surface area contributed by atoms with Gasteiger partial charge in [0, 0.05) is 39.3 Å². The summed E-state index contributed by atoms with van der Waals surface area (Å²) in [6, 6.07) is 0.0271. The standard InChI is InChI=1S/C20H34N2O5/c23-19(6-3-4-17-7-12-25-13-8-17)22-9-2-1-5-18(22)16-27-20(24)21-10-14-26-15-11-21/h17-18H,1-16H2. The van der Waals surface area contributed by atoms with Crippen LogP contribution in [0.2, 0.25) is 0 Å². The Morgan fingerprint density at radius 2 is 1.67 bits per heavy atom. The summed E-state index contributed by atoms with van der Waals surface area (Å²) >= 11 is 0. The van der Waals surface area contributed by atoms with Crippen molar-refractivity contribution in [1.29, 1.82) is 0 Å². The first-order valence-corrected chi connectivity index (χ1v) is 10.6. The lowest BCUT2D eigenvalue weighted by molar-refractivity contribution is -0.136. The highest BCUT2D eigenvalue weighted by Crippen LogP contribution is 2.23. The molecule has 3 aliphatic heterocycles. The summed E-state index contributed by atoms with van der Waals surface area (Å²) < 4.78 is 16.2. The molecule has 0 aromatic carbocycles. The van der Waals surface area contributed by atoms with Crippen LogP contribution in [0.1, 0.15) is 51.4 Å². The Hall–Kier alpha value is -1.34. The molecule has 0 aromatic rings. The van der Waals surface area contributed by atoms with Crippen molar-refractivity contribution in [2.75, 3.05) is 52.7 Å². The summed E-state index contributed by atoms with van der Waals surface area (Å²) in [5.74, 6) is 0.923. The number of piperidine rings is 1. The van der Waals surface area contributed by atoms with Crippen molar-refractivity contribution in [3.05, 3.63) is 0 Å². The Balaban J connectivity index is 1.40. The summed E-state index contributed by atoms with van der Waals surface area (Å²) in [6.45, 7) is 5.11. The average Bonchev–Trinajstić information content (AvgIpc) is 2.73. The van der Waals surface area contributed by atoms with Crippen molar-refractivity contribution in [3.8, 4) is 0 Å². The minimum Gasteiger partial charge on any atom is -0.447 e. The lowest BCUT2D eigenvalue weighted by Gasteiger charge is -2.36. The summed E-state index contributed by atoms with van der Waals surface area (Å²) in [7, 11) is 0. The van der Waals surface area contributed by atoms with Crippen LogP contribution >= 0.6 is 0 Å². The lowest BCUT2D eigenvalue weighted by atomic mass is 9.93. The zero-order chi connectivity index (χ0) is 18.9. The van der Waals surface area contributed by atoms with Gasteiger partial charge in [0.05, 0.1) is 19.3 Å². The monoisotopic (exact) mass is 382 g/mol. The molecule has 0 aromatic heterocycles. The Kier molecular flexibility index (Phi) is 8.20. The third-order valence-corrected chi connectivity index (χ3v) is 5.96. The van der Waals surface area contributed by atoms with Crippen LogP contribution in [-0.4, -0.2) is 80.5 Å². The number of ether oxygens (including phenoxy) is 3. The zero-order valence-corrected chi connectivity index (χ0v) is 16.4. The van der Waals surface area contributed by atoms with Crippen LogP contribution < -0.4 is 0 Å². The first-order chi connectivity index (χ1) is 13.2. The SMILES string of the molecule is O=C(OCC1CCCCN1C(=O)CCCC1CCOCC1)N1CCOCC1. The van der Waals surface area contributed by atoms with Gasteiger partial charge in [0.2, 0.25) is 5.91 Å². The number of morpholine rings is 1. The molecule has 0 N–H and O–H groups in total. The topological polar surface area (TPSA) is 68.3 Å². The van der Waals surface area contributed by atoms with Gasteiger partial charge in [-0.25, -0.2) is 4.79 Å². The average molecular weight is 383 g/mol. The van der Waals surface area contributed by atoms with Gasteiger partial charge in [-0.15, -0.1) is 0 Å². The van der Waals surface area contributed by atoms with Crippen molar-refractivity contribution >= 4 is 12.0 Å². The van der Waals surface area contributed by atoms with E-state index in [2.05, 4.69) is 0 Å². The molecule has 1 atom stereocenters. The predicted octanol–water partition coefficient (Wildman–Crippen LogP) is 2.43. The molecule has 1 unspecified atom stereocenters. The Morgan fingerprint density at radius 3 is 2.44 bits per heavy atom. The molecule has 0 spiro atoms. The Morgan fingerprint density at radius 1 is 0.926 bits per heavy atom. The Labute approximate surface area is 162 Å². The van der Waals surface area contributed by atoms with Gasteiger partial charge in [0.1, 0.15) is 6.61 Å². The number of nitrogens with zero attached hydrogens (tertiary/aromatic N) is 2. The molecule has 3 aliphatic rings. The van der Waals surface area contributed by atoms with E-state index in [0.29, 0.717) is 45.2 Å². The first kappa shape index (κ1) is 20.4. The van der Waals surface area contributed by atoms with Gasteiger partial charge in [0.25, 0.3) is 0 Å². The van der Waals surface area contributed by atoms with E-state index in [1.807, 2.05) is 4.90 Å². The van der Waals surface area contributed by atoms with Gasteiger partial charge in [-0.3, -0.25) is 4.79 Å². The molecule has 7 heteroatoms. The van der Waals surface area contributed by atoms with Crippen molar-refractivity contribution in [1.82, 2.24) is 9.80 Å². The molecule has 0 bridgehead atoms. The highest BCUT2D eigenvalue weighted by Gasteiger charge is 2.28. The maximum Gasteiger partial charge on any atom is 0.409 e. The number of carbonyl (C=O) groups excluding carboxylic acids is 2. The van der Waals surface area contributed by atoms with E-state index in [-0.39, 0.29) is 18.0 Å². The van der Waals surface area contributed by atoms with E-state index in [1.165, 1.54) is 0 Å². The van der Waals surface area contributed by atoms with Crippen LogP contribution in [0.3, 0.4) is 0 Å². The maximum atomic E-state index is 12.7. The first-order valence-electron chi connectivity index (χ1n) is 10.6. The second-order valence-corrected chi connectivity index (χ2v) is 7.86. The van der Waals surface area contributed by atoms with Crippen molar-refractivity contribution in [3.63, 3.8) is 0 Å². The lowest BCUT2D eigenvalue weighted by Crippen LogP contribution is -2.48. The van der Waals surface area contributed by atoms with E-state index in [4.69, 9.17) is 14.2 Å². The predicted molar refractivity (Wildman–Crippen MR) is 100 cm³/mol. The largest absolute Gasteiger partial charge is 0.447 e. The number of rotatable bonds is 6. The molecule has 0 saturated carbocycles. The normalized spacial score (nSPS) is 24.7. The molecule has 27 heavy (non-hydrogen) atoms. The number of carbonyl (C=O) groups is 2. The van der Waals surface area contributed by atoms with E-state index >= 15 is 0 Å². The third-order valence-electron chi connectivity index (χ3n) is 5.96.